The molecular weight excluding hydrogens is 208 g/mol. The highest BCUT2D eigenvalue weighted by atomic mass is 32.1. The van der Waals surface area contributed by atoms with Gasteiger partial charge in [0.2, 0.25) is 0 Å². The maximum Gasteiger partial charge on any atom is 0.189 e. The van der Waals surface area contributed by atoms with Crippen molar-refractivity contribution in [3.8, 4) is 0 Å². The van der Waals surface area contributed by atoms with E-state index in [1.54, 1.807) is 23.7 Å². The van der Waals surface area contributed by atoms with E-state index >= 15 is 0 Å². The summed E-state index contributed by atoms with van der Waals surface area (Å²) in [5.74, 6) is 0. The van der Waals surface area contributed by atoms with Crippen LogP contribution in [-0.2, 0) is 5.41 Å². The number of aromatic nitrogens is 3. The first-order valence-corrected chi connectivity index (χ1v) is 5.88. The smallest absolute Gasteiger partial charge is 0.189 e. The van der Waals surface area contributed by atoms with Gasteiger partial charge in [-0.3, -0.25) is 0 Å². The highest BCUT2D eigenvalue weighted by Gasteiger charge is 2.33. The summed E-state index contributed by atoms with van der Waals surface area (Å²) in [5, 5.41) is 4.54. The van der Waals surface area contributed by atoms with Crippen LogP contribution in [0.1, 0.15) is 18.4 Å². The summed E-state index contributed by atoms with van der Waals surface area (Å²) < 4.78 is 0. The van der Waals surface area contributed by atoms with Crippen molar-refractivity contribution in [1.82, 2.24) is 20.3 Å². The number of hydrogen-bond donors (Lipinski definition) is 1. The Balaban J connectivity index is 2.11. The van der Waals surface area contributed by atoms with Crippen molar-refractivity contribution >= 4 is 21.8 Å². The molecular formula is C10H12N4S. The van der Waals surface area contributed by atoms with Crippen LogP contribution >= 0.6 is 11.3 Å². The lowest BCUT2D eigenvalue weighted by atomic mass is 9.91. The molecule has 1 unspecified atom stereocenters. The summed E-state index contributed by atoms with van der Waals surface area (Å²) in [5.41, 5.74) is 0.957. The highest BCUT2D eigenvalue weighted by molar-refractivity contribution is 7.18. The minimum atomic E-state index is 0.174. The van der Waals surface area contributed by atoms with Crippen LogP contribution in [0.15, 0.2) is 12.4 Å². The molecule has 15 heavy (non-hydrogen) atoms. The molecule has 1 fully saturated rings. The minimum absolute atomic E-state index is 0.174. The Morgan fingerprint density at radius 3 is 3.00 bits per heavy atom. The van der Waals surface area contributed by atoms with E-state index in [9.17, 15) is 0 Å². The zero-order valence-electron chi connectivity index (χ0n) is 8.53. The molecule has 0 spiro atoms. The normalized spacial score (nSPS) is 26.2. The molecule has 0 bridgehead atoms. The van der Waals surface area contributed by atoms with Crippen molar-refractivity contribution in [2.24, 2.45) is 0 Å². The standard InChI is InChI=1S/C10H12N4S/c1-10(2-3-11-6-10)9-14-7-8(15-9)13-5-4-12-7/h4-5,11H,2-3,6H2,1H3. The first-order valence-electron chi connectivity index (χ1n) is 5.07. The topological polar surface area (TPSA) is 50.7 Å². The summed E-state index contributed by atoms with van der Waals surface area (Å²) in [7, 11) is 0. The lowest BCUT2D eigenvalue weighted by Crippen LogP contribution is -2.24. The Hall–Kier alpha value is -1.07. The third-order valence-electron chi connectivity index (χ3n) is 2.93. The average Bonchev–Trinajstić information content (AvgIpc) is 2.84. The van der Waals surface area contributed by atoms with E-state index in [4.69, 9.17) is 0 Å². The molecule has 3 heterocycles. The number of rotatable bonds is 1. The molecule has 1 aliphatic heterocycles. The summed E-state index contributed by atoms with van der Waals surface area (Å²) >= 11 is 1.67. The number of nitrogens with zero attached hydrogens (tertiary/aromatic N) is 3. The van der Waals surface area contributed by atoms with E-state index in [1.807, 2.05) is 0 Å². The Labute approximate surface area is 91.8 Å². The van der Waals surface area contributed by atoms with Crippen LogP contribution < -0.4 is 5.32 Å². The monoisotopic (exact) mass is 220 g/mol. The molecule has 0 aliphatic carbocycles. The second-order valence-electron chi connectivity index (χ2n) is 4.19. The molecule has 4 nitrogen and oxygen atoms in total. The summed E-state index contributed by atoms with van der Waals surface area (Å²) in [4.78, 5) is 14.0. The molecule has 2 aromatic heterocycles. The van der Waals surface area contributed by atoms with Crippen molar-refractivity contribution in [2.75, 3.05) is 13.1 Å². The van der Waals surface area contributed by atoms with Gasteiger partial charge >= 0.3 is 0 Å². The predicted octanol–water partition coefficient (Wildman–Crippen LogP) is 1.34. The van der Waals surface area contributed by atoms with Crippen molar-refractivity contribution in [3.63, 3.8) is 0 Å². The summed E-state index contributed by atoms with van der Waals surface area (Å²) in [6.07, 6.45) is 4.56. The van der Waals surface area contributed by atoms with Crippen molar-refractivity contribution < 1.29 is 0 Å². The zero-order chi connectivity index (χ0) is 10.3. The fraction of sp³-hybridized carbons (Fsp3) is 0.500. The van der Waals surface area contributed by atoms with Crippen LogP contribution in [0.4, 0.5) is 0 Å². The van der Waals surface area contributed by atoms with Crippen molar-refractivity contribution in [2.45, 2.75) is 18.8 Å². The molecule has 1 aliphatic rings. The SMILES string of the molecule is CC1(c2nc3nccnc3s2)CCNC1. The van der Waals surface area contributed by atoms with Crippen LogP contribution in [0.2, 0.25) is 0 Å². The molecule has 0 amide bonds. The van der Waals surface area contributed by atoms with E-state index in [0.29, 0.717) is 0 Å². The van der Waals surface area contributed by atoms with Crippen molar-refractivity contribution in [3.05, 3.63) is 17.4 Å². The largest absolute Gasteiger partial charge is 0.316 e. The fourth-order valence-corrected chi connectivity index (χ4v) is 2.97. The number of nitrogens with one attached hydrogen (secondary N) is 1. The van der Waals surface area contributed by atoms with Crippen LogP contribution in [0.3, 0.4) is 0 Å². The molecule has 78 valence electrons. The van der Waals surface area contributed by atoms with Crippen LogP contribution in [-0.4, -0.2) is 28.0 Å². The zero-order valence-corrected chi connectivity index (χ0v) is 9.34. The predicted molar refractivity (Wildman–Crippen MR) is 60.0 cm³/mol. The van der Waals surface area contributed by atoms with Gasteiger partial charge in [-0.15, -0.1) is 0 Å². The summed E-state index contributed by atoms with van der Waals surface area (Å²) in [6, 6.07) is 0. The van der Waals surface area contributed by atoms with Crippen LogP contribution in [0.25, 0.3) is 10.5 Å². The lowest BCUT2D eigenvalue weighted by molar-refractivity contribution is 0.522. The van der Waals surface area contributed by atoms with Gasteiger partial charge in [0.25, 0.3) is 0 Å². The van der Waals surface area contributed by atoms with Gasteiger partial charge in [-0.1, -0.05) is 18.3 Å². The van der Waals surface area contributed by atoms with Crippen molar-refractivity contribution in [1.29, 1.82) is 0 Å². The molecule has 1 atom stereocenters. The second-order valence-corrected chi connectivity index (χ2v) is 5.17. The first-order chi connectivity index (χ1) is 7.28. The molecule has 1 N–H and O–H groups in total. The third kappa shape index (κ3) is 1.42. The van der Waals surface area contributed by atoms with E-state index in [1.165, 1.54) is 0 Å². The van der Waals surface area contributed by atoms with Crippen LogP contribution in [0, 0.1) is 0 Å². The minimum Gasteiger partial charge on any atom is -0.316 e. The van der Waals surface area contributed by atoms with Gasteiger partial charge < -0.3 is 5.32 Å². The van der Waals surface area contributed by atoms with Gasteiger partial charge in [0.05, 0.1) is 0 Å². The maximum absolute atomic E-state index is 4.57. The molecule has 1 saturated heterocycles. The molecule has 2 aromatic rings. The Morgan fingerprint density at radius 1 is 1.40 bits per heavy atom. The van der Waals surface area contributed by atoms with E-state index in [2.05, 4.69) is 27.2 Å². The van der Waals surface area contributed by atoms with Gasteiger partial charge in [0, 0.05) is 24.4 Å². The Kier molecular flexibility index (Phi) is 1.97. The quantitative estimate of drug-likeness (QED) is 0.788. The fourth-order valence-electron chi connectivity index (χ4n) is 1.93. The van der Waals surface area contributed by atoms with Gasteiger partial charge in [0.1, 0.15) is 5.01 Å². The molecule has 0 radical (unpaired) electrons. The number of hydrogen-bond acceptors (Lipinski definition) is 5. The second kappa shape index (κ2) is 3.21. The average molecular weight is 220 g/mol. The van der Waals surface area contributed by atoms with E-state index in [0.717, 1.165) is 35.0 Å². The third-order valence-corrected chi connectivity index (χ3v) is 4.19. The number of fused-ring (bicyclic) bond motifs is 1. The van der Waals surface area contributed by atoms with Gasteiger partial charge in [0.15, 0.2) is 10.5 Å². The van der Waals surface area contributed by atoms with Gasteiger partial charge in [-0.25, -0.2) is 15.0 Å². The highest BCUT2D eigenvalue weighted by Crippen LogP contribution is 2.34. The van der Waals surface area contributed by atoms with Crippen LogP contribution in [0.5, 0.6) is 0 Å². The lowest BCUT2D eigenvalue weighted by Gasteiger charge is -2.18. The van der Waals surface area contributed by atoms with E-state index in [-0.39, 0.29) is 5.41 Å². The van der Waals surface area contributed by atoms with Gasteiger partial charge in [-0.2, -0.15) is 0 Å². The maximum atomic E-state index is 4.57. The van der Waals surface area contributed by atoms with Gasteiger partial charge in [-0.05, 0) is 13.0 Å². The summed E-state index contributed by atoms with van der Waals surface area (Å²) in [6.45, 7) is 4.34. The Bertz CT molecular complexity index is 454. The molecule has 5 heteroatoms. The first kappa shape index (κ1) is 9.18. The molecule has 3 rings (SSSR count). The molecule has 0 saturated carbocycles. The molecule has 0 aromatic carbocycles. The van der Waals surface area contributed by atoms with E-state index < -0.39 is 0 Å². The Morgan fingerprint density at radius 2 is 2.27 bits per heavy atom. The number of thiazole rings is 1.